The smallest absolute Gasteiger partial charge is 0.332 e. The Kier molecular flexibility index (Phi) is 4.51. The number of rotatable bonds is 3. The maximum absolute atomic E-state index is 12.5. The Labute approximate surface area is 132 Å². The third-order valence-corrected chi connectivity index (χ3v) is 3.83. The number of anilines is 2. The average Bonchev–Trinajstić information content (AvgIpc) is 2.51. The van der Waals surface area contributed by atoms with E-state index >= 15 is 0 Å². The van der Waals surface area contributed by atoms with Crippen LogP contribution in [0.15, 0.2) is 39.9 Å². The SMILES string of the molecule is Cn1c(Nc2ccccc2)c(C(Cl)=[N+](C)C)c(=O)n(C)c1=O. The van der Waals surface area contributed by atoms with E-state index in [1.165, 1.54) is 11.6 Å². The van der Waals surface area contributed by atoms with E-state index in [4.69, 9.17) is 11.6 Å². The van der Waals surface area contributed by atoms with E-state index in [1.54, 1.807) is 25.7 Å². The predicted octanol–water partition coefficient (Wildman–Crippen LogP) is 1.09. The molecule has 1 N–H and O–H groups in total. The minimum Gasteiger partial charge on any atom is -0.341 e. The number of hydrogen-bond donors (Lipinski definition) is 1. The minimum absolute atomic E-state index is 0.250. The third-order valence-electron chi connectivity index (χ3n) is 3.30. The van der Waals surface area contributed by atoms with Gasteiger partial charge in [-0.3, -0.25) is 13.9 Å². The lowest BCUT2D eigenvalue weighted by atomic mass is 10.2. The topological polar surface area (TPSA) is 59.0 Å². The van der Waals surface area contributed by atoms with Gasteiger partial charge >= 0.3 is 5.69 Å². The van der Waals surface area contributed by atoms with Gasteiger partial charge in [0.2, 0.25) is 0 Å². The summed E-state index contributed by atoms with van der Waals surface area (Å²) in [7, 11) is 6.50. The quantitative estimate of drug-likeness (QED) is 0.680. The summed E-state index contributed by atoms with van der Waals surface area (Å²) in [5, 5.41) is 3.36. The molecule has 2 aromatic rings. The van der Waals surface area contributed by atoms with Gasteiger partial charge in [0.15, 0.2) is 5.56 Å². The van der Waals surface area contributed by atoms with Crippen molar-refractivity contribution in [2.75, 3.05) is 19.4 Å². The van der Waals surface area contributed by atoms with Crippen molar-refractivity contribution >= 4 is 28.3 Å². The highest BCUT2D eigenvalue weighted by molar-refractivity contribution is 6.68. The van der Waals surface area contributed by atoms with Gasteiger partial charge in [0, 0.05) is 19.8 Å². The Morgan fingerprint density at radius 2 is 1.68 bits per heavy atom. The Morgan fingerprint density at radius 3 is 2.23 bits per heavy atom. The van der Waals surface area contributed by atoms with Gasteiger partial charge < -0.3 is 5.32 Å². The first-order valence-corrected chi connectivity index (χ1v) is 7.04. The number of halogens is 1. The summed E-state index contributed by atoms with van der Waals surface area (Å²) in [4.78, 5) is 24.6. The van der Waals surface area contributed by atoms with Crippen LogP contribution in [0.1, 0.15) is 5.56 Å². The van der Waals surface area contributed by atoms with Gasteiger partial charge in [-0.2, -0.15) is 0 Å². The molecule has 0 aliphatic rings. The van der Waals surface area contributed by atoms with Crippen molar-refractivity contribution in [1.29, 1.82) is 0 Å². The summed E-state index contributed by atoms with van der Waals surface area (Å²) in [6.07, 6.45) is 0. The Balaban J connectivity index is 2.79. The molecule has 1 aromatic carbocycles. The molecule has 0 spiro atoms. The largest absolute Gasteiger partial charge is 0.341 e. The van der Waals surface area contributed by atoms with Crippen LogP contribution in [0.25, 0.3) is 0 Å². The van der Waals surface area contributed by atoms with E-state index in [9.17, 15) is 9.59 Å². The summed E-state index contributed by atoms with van der Waals surface area (Å²) in [6.45, 7) is 0. The summed E-state index contributed by atoms with van der Waals surface area (Å²) in [5.74, 6) is 0.359. The second kappa shape index (κ2) is 6.19. The lowest BCUT2D eigenvalue weighted by Crippen LogP contribution is -2.41. The molecule has 0 bridgehead atoms. The normalized spacial score (nSPS) is 10.4. The summed E-state index contributed by atoms with van der Waals surface area (Å²) >= 11 is 6.29. The molecule has 6 nitrogen and oxygen atoms in total. The summed E-state index contributed by atoms with van der Waals surface area (Å²) < 4.78 is 4.03. The second-order valence-corrected chi connectivity index (χ2v) is 5.46. The monoisotopic (exact) mass is 321 g/mol. The van der Waals surface area contributed by atoms with Crippen molar-refractivity contribution in [3.63, 3.8) is 0 Å². The average molecular weight is 322 g/mol. The number of aromatic nitrogens is 2. The van der Waals surface area contributed by atoms with E-state index in [-0.39, 0.29) is 10.7 Å². The molecule has 116 valence electrons. The second-order valence-electron chi connectivity index (χ2n) is 5.11. The van der Waals surface area contributed by atoms with Crippen molar-refractivity contribution in [3.8, 4) is 0 Å². The van der Waals surface area contributed by atoms with E-state index in [2.05, 4.69) is 5.32 Å². The van der Waals surface area contributed by atoms with Crippen LogP contribution in [0.5, 0.6) is 0 Å². The highest BCUT2D eigenvalue weighted by Crippen LogP contribution is 2.18. The van der Waals surface area contributed by atoms with Crippen molar-refractivity contribution in [2.45, 2.75) is 0 Å². The first-order valence-electron chi connectivity index (χ1n) is 6.66. The van der Waals surface area contributed by atoms with Gasteiger partial charge in [0.05, 0.1) is 0 Å². The fourth-order valence-electron chi connectivity index (χ4n) is 2.06. The molecule has 0 fully saturated rings. The van der Waals surface area contributed by atoms with Crippen LogP contribution in [0.3, 0.4) is 0 Å². The fourth-order valence-corrected chi connectivity index (χ4v) is 2.23. The molecule has 0 unspecified atom stereocenters. The highest BCUT2D eigenvalue weighted by Gasteiger charge is 2.23. The van der Waals surface area contributed by atoms with E-state index < -0.39 is 11.2 Å². The van der Waals surface area contributed by atoms with E-state index in [0.717, 1.165) is 10.3 Å². The lowest BCUT2D eigenvalue weighted by Gasteiger charge is -2.15. The van der Waals surface area contributed by atoms with Crippen molar-refractivity contribution in [1.82, 2.24) is 9.13 Å². The molecule has 0 aliphatic carbocycles. The Hall–Kier alpha value is -2.34. The van der Waals surface area contributed by atoms with E-state index in [0.29, 0.717) is 5.82 Å². The van der Waals surface area contributed by atoms with Crippen LogP contribution >= 0.6 is 11.6 Å². The van der Waals surface area contributed by atoms with Gasteiger partial charge in [0.1, 0.15) is 19.9 Å². The van der Waals surface area contributed by atoms with E-state index in [1.807, 2.05) is 30.3 Å². The van der Waals surface area contributed by atoms with Gasteiger partial charge in [0.25, 0.3) is 10.7 Å². The van der Waals surface area contributed by atoms with Gasteiger partial charge in [-0.05, 0) is 23.7 Å². The van der Waals surface area contributed by atoms with Crippen LogP contribution in [-0.4, -0.2) is 33.0 Å². The van der Waals surface area contributed by atoms with Crippen molar-refractivity contribution < 1.29 is 4.58 Å². The maximum atomic E-state index is 12.5. The zero-order valence-electron chi connectivity index (χ0n) is 12.9. The molecule has 0 saturated carbocycles. The lowest BCUT2D eigenvalue weighted by molar-refractivity contribution is -0.461. The first kappa shape index (κ1) is 16.0. The molecular formula is C15H18ClN4O2+. The Morgan fingerprint density at radius 1 is 1.09 bits per heavy atom. The zero-order chi connectivity index (χ0) is 16.4. The predicted molar refractivity (Wildman–Crippen MR) is 88.7 cm³/mol. The fraction of sp³-hybridized carbons (Fsp3) is 0.267. The number of benzene rings is 1. The summed E-state index contributed by atoms with van der Waals surface area (Å²) in [5.41, 5.74) is 0.144. The minimum atomic E-state index is -0.444. The van der Waals surface area contributed by atoms with Crippen molar-refractivity contribution in [2.24, 2.45) is 14.1 Å². The summed E-state index contributed by atoms with van der Waals surface area (Å²) in [6, 6.07) is 9.29. The molecular weight excluding hydrogens is 304 g/mol. The molecule has 7 heteroatoms. The van der Waals surface area contributed by atoms with Crippen LogP contribution in [0.4, 0.5) is 11.5 Å². The van der Waals surface area contributed by atoms with Crippen molar-refractivity contribution in [3.05, 3.63) is 56.7 Å². The molecule has 2 rings (SSSR count). The number of nitrogens with one attached hydrogen (secondary N) is 1. The molecule has 0 saturated heterocycles. The molecule has 0 atom stereocenters. The molecule has 22 heavy (non-hydrogen) atoms. The molecule has 0 aliphatic heterocycles. The van der Waals surface area contributed by atoms with Crippen LogP contribution in [0.2, 0.25) is 0 Å². The zero-order valence-corrected chi connectivity index (χ0v) is 13.7. The Bertz CT molecular complexity index is 846. The molecule has 0 radical (unpaired) electrons. The number of hydrogen-bond acceptors (Lipinski definition) is 3. The van der Waals surface area contributed by atoms with Gasteiger partial charge in [-0.1, -0.05) is 18.2 Å². The number of nitrogens with zero attached hydrogens (tertiary/aromatic N) is 3. The van der Waals surface area contributed by atoms with Crippen LogP contribution in [-0.2, 0) is 14.1 Å². The van der Waals surface area contributed by atoms with Gasteiger partial charge in [-0.25, -0.2) is 9.37 Å². The number of para-hydroxylation sites is 1. The maximum Gasteiger partial charge on any atom is 0.332 e. The van der Waals surface area contributed by atoms with Crippen LogP contribution in [0, 0.1) is 0 Å². The highest BCUT2D eigenvalue weighted by atomic mass is 35.5. The van der Waals surface area contributed by atoms with Gasteiger partial charge in [-0.15, -0.1) is 0 Å². The third kappa shape index (κ3) is 2.82. The molecule has 0 amide bonds. The molecule has 1 heterocycles. The first-order chi connectivity index (χ1) is 10.3. The standard InChI is InChI=1S/C15H17ClN4O2/c1-18(2)12(16)11-13(17-10-8-6-5-7-9-10)19(3)15(22)20(4)14(11)21/h5-9H,1-4H3/p+1. The molecule has 1 aromatic heterocycles. The van der Waals surface area contributed by atoms with Crippen LogP contribution < -0.4 is 16.6 Å².